The Kier molecular flexibility index (Phi) is 6.37. The molecule has 9 heteroatoms. The van der Waals surface area contributed by atoms with Crippen molar-refractivity contribution in [2.24, 2.45) is 0 Å². The summed E-state index contributed by atoms with van der Waals surface area (Å²) in [6.45, 7) is 0.927. The van der Waals surface area contributed by atoms with Crippen molar-refractivity contribution in [3.8, 4) is 34.3 Å². The molecule has 1 aliphatic heterocycles. The number of nitrogens with zero attached hydrogens (tertiary/aromatic N) is 4. The molecule has 1 amide bonds. The van der Waals surface area contributed by atoms with Gasteiger partial charge in [0.15, 0.2) is 23.1 Å². The van der Waals surface area contributed by atoms with Crippen LogP contribution < -0.4 is 9.47 Å². The summed E-state index contributed by atoms with van der Waals surface area (Å²) in [7, 11) is 3.18. The van der Waals surface area contributed by atoms with E-state index in [0.29, 0.717) is 53.8 Å². The number of benzene rings is 3. The van der Waals surface area contributed by atoms with Gasteiger partial charge in [-0.05, 0) is 78.2 Å². The summed E-state index contributed by atoms with van der Waals surface area (Å²) < 4.78 is 39.3. The minimum absolute atomic E-state index is 0.0521. The number of ether oxygens (including phenoxy) is 2. The summed E-state index contributed by atoms with van der Waals surface area (Å²) in [5, 5.41) is 4.54. The van der Waals surface area contributed by atoms with Crippen molar-refractivity contribution in [3.05, 3.63) is 83.4 Å². The van der Waals surface area contributed by atoms with Gasteiger partial charge in [0.1, 0.15) is 18.2 Å². The third kappa shape index (κ3) is 4.64. The Balaban J connectivity index is 1.43. The highest BCUT2D eigenvalue weighted by atomic mass is 19.1. The Morgan fingerprint density at radius 2 is 1.47 bits per heavy atom. The Labute approximate surface area is 206 Å². The average molecular weight is 491 g/mol. The molecule has 0 aliphatic carbocycles. The van der Waals surface area contributed by atoms with Crippen molar-refractivity contribution in [2.45, 2.75) is 19.5 Å². The van der Waals surface area contributed by atoms with Gasteiger partial charge >= 0.3 is 0 Å². The van der Waals surface area contributed by atoms with Crippen LogP contribution in [0.2, 0.25) is 0 Å². The number of hydrogen-bond donors (Lipinski definition) is 0. The van der Waals surface area contributed by atoms with Crippen LogP contribution in [0, 0.1) is 11.6 Å². The van der Waals surface area contributed by atoms with Gasteiger partial charge in [0.25, 0.3) is 0 Å². The van der Waals surface area contributed by atoms with Crippen LogP contribution >= 0.6 is 0 Å². The second-order valence-corrected chi connectivity index (χ2v) is 8.47. The van der Waals surface area contributed by atoms with Crippen molar-refractivity contribution in [3.63, 3.8) is 0 Å². The van der Waals surface area contributed by atoms with Gasteiger partial charge in [-0.3, -0.25) is 4.79 Å². The Bertz CT molecular complexity index is 1400. The van der Waals surface area contributed by atoms with Gasteiger partial charge in [0, 0.05) is 24.2 Å². The van der Waals surface area contributed by atoms with E-state index in [1.807, 2.05) is 12.1 Å². The highest BCUT2D eigenvalue weighted by Gasteiger charge is 2.25. The number of aromatic nitrogens is 3. The van der Waals surface area contributed by atoms with Crippen molar-refractivity contribution in [1.29, 1.82) is 0 Å². The van der Waals surface area contributed by atoms with Crippen LogP contribution in [0.4, 0.5) is 8.78 Å². The number of fused-ring (bicyclic) bond motifs is 1. The summed E-state index contributed by atoms with van der Waals surface area (Å²) in [4.78, 5) is 19.7. The summed E-state index contributed by atoms with van der Waals surface area (Å²) >= 11 is 0. The molecule has 1 aromatic heterocycles. The van der Waals surface area contributed by atoms with Crippen molar-refractivity contribution >= 4 is 5.91 Å². The molecule has 2 heterocycles. The molecule has 0 unspecified atom stereocenters. The normalized spacial score (nSPS) is 12.8. The zero-order valence-electron chi connectivity index (χ0n) is 19.9. The molecule has 184 valence electrons. The van der Waals surface area contributed by atoms with Crippen molar-refractivity contribution in [1.82, 2.24) is 19.7 Å². The molecule has 0 fully saturated rings. The topological polar surface area (TPSA) is 69.5 Å². The summed E-state index contributed by atoms with van der Waals surface area (Å²) in [5.74, 6) is 1.18. The molecule has 0 saturated heterocycles. The highest BCUT2D eigenvalue weighted by Crippen LogP contribution is 2.33. The summed E-state index contributed by atoms with van der Waals surface area (Å²) in [6.07, 6.45) is 0.685. The number of halogens is 2. The zero-order chi connectivity index (χ0) is 25.2. The van der Waals surface area contributed by atoms with E-state index in [1.54, 1.807) is 43.4 Å². The molecular weight excluding hydrogens is 466 g/mol. The number of hydrogen-bond acceptors (Lipinski definition) is 5. The van der Waals surface area contributed by atoms with Gasteiger partial charge in [-0.15, -0.1) is 5.10 Å². The molecule has 0 bridgehead atoms. The molecule has 0 saturated carbocycles. The fourth-order valence-electron chi connectivity index (χ4n) is 4.31. The van der Waals surface area contributed by atoms with E-state index < -0.39 is 0 Å². The number of carbonyl (C=O) groups excluding carboxylic acids is 1. The highest BCUT2D eigenvalue weighted by molar-refractivity contribution is 5.77. The molecule has 4 aromatic rings. The fraction of sp³-hybridized carbons (Fsp3) is 0.222. The minimum atomic E-state index is -0.376. The minimum Gasteiger partial charge on any atom is -0.493 e. The zero-order valence-corrected chi connectivity index (χ0v) is 19.9. The third-order valence-corrected chi connectivity index (χ3v) is 6.23. The second kappa shape index (κ2) is 9.77. The largest absolute Gasteiger partial charge is 0.493 e. The monoisotopic (exact) mass is 490 g/mol. The smallest absolute Gasteiger partial charge is 0.244 e. The lowest BCUT2D eigenvalue weighted by molar-refractivity contribution is -0.132. The van der Waals surface area contributed by atoms with E-state index in [1.165, 1.54) is 28.9 Å². The van der Waals surface area contributed by atoms with Gasteiger partial charge in [-0.2, -0.15) is 0 Å². The maximum atomic E-state index is 13.5. The lowest BCUT2D eigenvalue weighted by Crippen LogP contribution is -2.38. The molecule has 0 N–H and O–H groups in total. The quantitative estimate of drug-likeness (QED) is 0.398. The predicted molar refractivity (Wildman–Crippen MR) is 129 cm³/mol. The van der Waals surface area contributed by atoms with Crippen LogP contribution in [0.15, 0.2) is 60.7 Å². The van der Waals surface area contributed by atoms with Gasteiger partial charge in [-0.25, -0.2) is 18.4 Å². The Hall–Kier alpha value is -4.27. The average Bonchev–Trinajstić information content (AvgIpc) is 3.31. The third-order valence-electron chi connectivity index (χ3n) is 6.23. The SMILES string of the molecule is COc1cc2c(cc1OC)CN(C(=O)Cn1nc(-c3ccc(F)cc3)nc1-c1ccc(F)cc1)CC2. The maximum absolute atomic E-state index is 13.5. The Morgan fingerprint density at radius 3 is 2.08 bits per heavy atom. The van der Waals surface area contributed by atoms with E-state index in [9.17, 15) is 13.6 Å². The van der Waals surface area contributed by atoms with E-state index in [0.717, 1.165) is 11.1 Å². The number of rotatable bonds is 6. The predicted octanol–water partition coefficient (Wildman–Crippen LogP) is 4.49. The lowest BCUT2D eigenvalue weighted by atomic mass is 9.98. The molecule has 0 atom stereocenters. The first kappa shape index (κ1) is 23.5. The molecule has 1 aliphatic rings. The lowest BCUT2D eigenvalue weighted by Gasteiger charge is -2.29. The van der Waals surface area contributed by atoms with Crippen LogP contribution in [0.25, 0.3) is 22.8 Å². The van der Waals surface area contributed by atoms with E-state index in [2.05, 4.69) is 10.1 Å². The standard InChI is InChI=1S/C27H24F2N4O3/c1-35-23-13-19-11-12-32(15-20(19)14-24(23)36-2)25(34)16-33-27(18-5-9-22(29)10-6-18)30-26(31-33)17-3-7-21(28)8-4-17/h3-10,13-14H,11-12,15-16H2,1-2H3. The Morgan fingerprint density at radius 1 is 0.889 bits per heavy atom. The van der Waals surface area contributed by atoms with E-state index >= 15 is 0 Å². The van der Waals surface area contributed by atoms with Crippen LogP contribution in [0.5, 0.6) is 11.5 Å². The maximum Gasteiger partial charge on any atom is 0.244 e. The molecule has 3 aromatic carbocycles. The molecule has 5 rings (SSSR count). The molecule has 36 heavy (non-hydrogen) atoms. The first-order valence-electron chi connectivity index (χ1n) is 11.4. The number of methoxy groups -OCH3 is 2. The fourth-order valence-corrected chi connectivity index (χ4v) is 4.31. The van der Waals surface area contributed by atoms with Crippen molar-refractivity contribution < 1.29 is 23.0 Å². The first-order chi connectivity index (χ1) is 17.4. The molecule has 7 nitrogen and oxygen atoms in total. The molecular formula is C27H24F2N4O3. The number of carbonyl (C=O) groups is 1. The van der Waals surface area contributed by atoms with Gasteiger partial charge in [-0.1, -0.05) is 0 Å². The van der Waals surface area contributed by atoms with Crippen LogP contribution in [0.1, 0.15) is 11.1 Å². The van der Waals surface area contributed by atoms with Crippen LogP contribution in [-0.4, -0.2) is 46.3 Å². The van der Waals surface area contributed by atoms with Crippen LogP contribution in [-0.2, 0) is 24.3 Å². The molecule has 0 radical (unpaired) electrons. The van der Waals surface area contributed by atoms with Crippen molar-refractivity contribution in [2.75, 3.05) is 20.8 Å². The van der Waals surface area contributed by atoms with Crippen LogP contribution in [0.3, 0.4) is 0 Å². The van der Waals surface area contributed by atoms with E-state index in [-0.39, 0.29) is 24.1 Å². The number of amides is 1. The second-order valence-electron chi connectivity index (χ2n) is 8.47. The van der Waals surface area contributed by atoms with Gasteiger partial charge in [0.2, 0.25) is 5.91 Å². The van der Waals surface area contributed by atoms with Gasteiger partial charge in [0.05, 0.1) is 14.2 Å². The summed E-state index contributed by atoms with van der Waals surface area (Å²) in [6, 6.07) is 15.5. The summed E-state index contributed by atoms with van der Waals surface area (Å²) in [5.41, 5.74) is 3.34. The van der Waals surface area contributed by atoms with E-state index in [4.69, 9.17) is 9.47 Å². The molecule has 0 spiro atoms. The first-order valence-corrected chi connectivity index (χ1v) is 11.4. The van der Waals surface area contributed by atoms with Gasteiger partial charge < -0.3 is 14.4 Å².